The van der Waals surface area contributed by atoms with Crippen molar-refractivity contribution in [2.24, 2.45) is 17.6 Å². The standard InChI is InChI=1S/C28H39BrClN3O2/c1-2-4-19-5-3-6-22-17-23(30)18-25(29)27(22)24(15-19)21-9-13-32(14-10-21)26(34)16-20-7-11-33(12-8-20)28(31)35/h4,17-18,20-21,24H,2-3,5-16H2,1H3,(H2,31,35)/b19-4-. The van der Waals surface area contributed by atoms with Gasteiger partial charge in [-0.3, -0.25) is 4.79 Å². The van der Waals surface area contributed by atoms with Crippen LogP contribution in [-0.4, -0.2) is 47.9 Å². The Balaban J connectivity index is 1.41. The van der Waals surface area contributed by atoms with E-state index in [1.165, 1.54) is 24.0 Å². The fraction of sp³-hybridized carbons (Fsp3) is 0.643. The number of halogens is 2. The highest BCUT2D eigenvalue weighted by molar-refractivity contribution is 9.10. The van der Waals surface area contributed by atoms with Crippen LogP contribution in [-0.2, 0) is 11.2 Å². The highest BCUT2D eigenvalue weighted by atomic mass is 79.9. The molecule has 3 amide bonds. The number of aryl methyl sites for hydroxylation is 1. The highest BCUT2D eigenvalue weighted by Gasteiger charge is 2.34. The summed E-state index contributed by atoms with van der Waals surface area (Å²) in [5.41, 5.74) is 9.82. The number of allylic oxidation sites excluding steroid dienone is 2. The number of fused-ring (bicyclic) bond motifs is 1. The highest BCUT2D eigenvalue weighted by Crippen LogP contribution is 2.45. The summed E-state index contributed by atoms with van der Waals surface area (Å²) < 4.78 is 1.14. The summed E-state index contributed by atoms with van der Waals surface area (Å²) in [5, 5.41) is 0.807. The monoisotopic (exact) mass is 563 g/mol. The van der Waals surface area contributed by atoms with E-state index >= 15 is 0 Å². The number of rotatable bonds is 4. The number of benzene rings is 1. The van der Waals surface area contributed by atoms with Gasteiger partial charge in [0, 0.05) is 42.1 Å². The first kappa shape index (κ1) is 26.5. The number of urea groups is 1. The van der Waals surface area contributed by atoms with Gasteiger partial charge in [0.25, 0.3) is 0 Å². The molecule has 0 aromatic heterocycles. The SMILES string of the molecule is CC/C=C1/CCCc2cc(Cl)cc(Br)c2C(C2CCN(C(=O)CC3CCN(C(N)=O)CC3)CC2)C1. The molecule has 0 saturated carbocycles. The van der Waals surface area contributed by atoms with Crippen LogP contribution in [0.2, 0.25) is 5.02 Å². The number of piperidine rings is 2. The lowest BCUT2D eigenvalue weighted by Gasteiger charge is -2.39. The van der Waals surface area contributed by atoms with E-state index in [1.54, 1.807) is 10.5 Å². The maximum atomic E-state index is 13.1. The molecule has 1 atom stereocenters. The minimum absolute atomic E-state index is 0.276. The number of nitrogens with two attached hydrogens (primary N) is 1. The van der Waals surface area contributed by atoms with Crippen LogP contribution in [0.5, 0.6) is 0 Å². The van der Waals surface area contributed by atoms with E-state index in [2.05, 4.69) is 46.0 Å². The summed E-state index contributed by atoms with van der Waals surface area (Å²) in [5.74, 6) is 1.66. The fourth-order valence-electron chi connectivity index (χ4n) is 6.41. The zero-order valence-corrected chi connectivity index (χ0v) is 23.2. The van der Waals surface area contributed by atoms with E-state index in [0.717, 1.165) is 67.5 Å². The molecular weight excluding hydrogens is 526 g/mol. The molecule has 1 aliphatic carbocycles. The maximum Gasteiger partial charge on any atom is 0.314 e. The molecule has 0 bridgehead atoms. The van der Waals surface area contributed by atoms with Crippen molar-refractivity contribution in [3.05, 3.63) is 44.4 Å². The van der Waals surface area contributed by atoms with Gasteiger partial charge in [-0.1, -0.05) is 46.1 Å². The van der Waals surface area contributed by atoms with Crippen LogP contribution in [0, 0.1) is 11.8 Å². The van der Waals surface area contributed by atoms with Crippen molar-refractivity contribution in [2.45, 2.75) is 77.0 Å². The van der Waals surface area contributed by atoms with Crippen LogP contribution in [0.3, 0.4) is 0 Å². The Morgan fingerprint density at radius 2 is 1.77 bits per heavy atom. The molecule has 3 aliphatic rings. The first-order valence-electron chi connectivity index (χ1n) is 13.3. The van der Waals surface area contributed by atoms with Crippen LogP contribution in [0.25, 0.3) is 0 Å². The Morgan fingerprint density at radius 3 is 2.43 bits per heavy atom. The minimum atomic E-state index is -0.349. The maximum absolute atomic E-state index is 13.1. The molecule has 0 radical (unpaired) electrons. The molecule has 1 unspecified atom stereocenters. The zero-order valence-electron chi connectivity index (χ0n) is 20.9. The lowest BCUT2D eigenvalue weighted by atomic mass is 9.73. The van der Waals surface area contributed by atoms with Crippen LogP contribution in [0.1, 0.15) is 81.8 Å². The Labute approximate surface area is 223 Å². The number of carbonyl (C=O) groups is 2. The molecular formula is C28H39BrClN3O2. The van der Waals surface area contributed by atoms with Crippen molar-refractivity contribution >= 4 is 39.5 Å². The molecule has 192 valence electrons. The van der Waals surface area contributed by atoms with Crippen LogP contribution >= 0.6 is 27.5 Å². The number of hydrogen-bond donors (Lipinski definition) is 1. The van der Waals surface area contributed by atoms with Gasteiger partial charge in [-0.15, -0.1) is 0 Å². The smallest absolute Gasteiger partial charge is 0.314 e. The van der Waals surface area contributed by atoms with Gasteiger partial charge >= 0.3 is 6.03 Å². The first-order chi connectivity index (χ1) is 16.9. The molecule has 2 fully saturated rings. The third kappa shape index (κ3) is 6.62. The molecule has 5 nitrogen and oxygen atoms in total. The third-order valence-electron chi connectivity index (χ3n) is 8.32. The Hall–Kier alpha value is -1.53. The third-order valence-corrected chi connectivity index (χ3v) is 9.19. The average molecular weight is 565 g/mol. The minimum Gasteiger partial charge on any atom is -0.351 e. The summed E-state index contributed by atoms with van der Waals surface area (Å²) in [6.07, 6.45) is 12.5. The lowest BCUT2D eigenvalue weighted by molar-refractivity contribution is -0.134. The quantitative estimate of drug-likeness (QED) is 0.415. The fourth-order valence-corrected chi connectivity index (χ4v) is 7.58. The molecule has 1 aromatic carbocycles. The summed E-state index contributed by atoms with van der Waals surface area (Å²) in [7, 11) is 0. The molecule has 2 heterocycles. The van der Waals surface area contributed by atoms with Gasteiger partial charge in [-0.05, 0) is 98.8 Å². The van der Waals surface area contributed by atoms with Gasteiger partial charge in [0.2, 0.25) is 5.91 Å². The summed E-state index contributed by atoms with van der Waals surface area (Å²) in [6, 6.07) is 3.88. The van der Waals surface area contributed by atoms with Crippen LogP contribution in [0.4, 0.5) is 4.79 Å². The second kappa shape index (κ2) is 12.1. The predicted octanol–water partition coefficient (Wildman–Crippen LogP) is 6.67. The average Bonchev–Trinajstić information content (AvgIpc) is 2.82. The van der Waals surface area contributed by atoms with Gasteiger partial charge in [0.1, 0.15) is 0 Å². The van der Waals surface area contributed by atoms with Crippen molar-refractivity contribution in [1.29, 1.82) is 0 Å². The Bertz CT molecular complexity index is 950. The van der Waals surface area contributed by atoms with Gasteiger partial charge < -0.3 is 15.5 Å². The van der Waals surface area contributed by atoms with Crippen molar-refractivity contribution in [3.8, 4) is 0 Å². The molecule has 1 aromatic rings. The lowest BCUT2D eigenvalue weighted by Crippen LogP contribution is -2.44. The number of nitrogens with zero attached hydrogens (tertiary/aromatic N) is 2. The van der Waals surface area contributed by atoms with Crippen molar-refractivity contribution < 1.29 is 9.59 Å². The zero-order chi connectivity index (χ0) is 24.9. The van der Waals surface area contributed by atoms with Crippen molar-refractivity contribution in [1.82, 2.24) is 9.80 Å². The van der Waals surface area contributed by atoms with E-state index in [-0.39, 0.29) is 11.9 Å². The normalized spacial score (nSPS) is 23.6. The molecule has 7 heteroatoms. The second-order valence-corrected chi connectivity index (χ2v) is 11.9. The largest absolute Gasteiger partial charge is 0.351 e. The van der Waals surface area contributed by atoms with E-state index in [4.69, 9.17) is 17.3 Å². The molecule has 2 saturated heterocycles. The summed E-state index contributed by atoms with van der Waals surface area (Å²) in [4.78, 5) is 28.2. The number of carbonyl (C=O) groups excluding carboxylic acids is 2. The van der Waals surface area contributed by atoms with Gasteiger partial charge in [0.05, 0.1) is 0 Å². The van der Waals surface area contributed by atoms with Crippen LogP contribution in [0.15, 0.2) is 28.3 Å². The van der Waals surface area contributed by atoms with E-state index in [9.17, 15) is 9.59 Å². The van der Waals surface area contributed by atoms with Crippen molar-refractivity contribution in [2.75, 3.05) is 26.2 Å². The Morgan fingerprint density at radius 1 is 1.09 bits per heavy atom. The second-order valence-electron chi connectivity index (χ2n) is 10.6. The van der Waals surface area contributed by atoms with Gasteiger partial charge in [0.15, 0.2) is 0 Å². The first-order valence-corrected chi connectivity index (χ1v) is 14.5. The molecule has 0 spiro atoms. The number of hydrogen-bond acceptors (Lipinski definition) is 2. The van der Waals surface area contributed by atoms with Gasteiger partial charge in [-0.25, -0.2) is 4.79 Å². The number of amides is 3. The predicted molar refractivity (Wildman–Crippen MR) is 146 cm³/mol. The molecule has 35 heavy (non-hydrogen) atoms. The summed E-state index contributed by atoms with van der Waals surface area (Å²) >= 11 is 10.3. The molecule has 2 N–H and O–H groups in total. The van der Waals surface area contributed by atoms with Gasteiger partial charge in [-0.2, -0.15) is 0 Å². The van der Waals surface area contributed by atoms with E-state index in [0.29, 0.717) is 37.3 Å². The van der Waals surface area contributed by atoms with E-state index in [1.807, 2.05) is 0 Å². The number of primary amides is 1. The molecule has 4 rings (SSSR count). The number of likely N-dealkylation sites (tertiary alicyclic amines) is 2. The Kier molecular flexibility index (Phi) is 9.20. The summed E-state index contributed by atoms with van der Waals surface area (Å²) in [6.45, 7) is 5.25. The van der Waals surface area contributed by atoms with E-state index < -0.39 is 0 Å². The van der Waals surface area contributed by atoms with Crippen LogP contribution < -0.4 is 5.73 Å². The topological polar surface area (TPSA) is 66.6 Å². The van der Waals surface area contributed by atoms with Crippen molar-refractivity contribution in [3.63, 3.8) is 0 Å². The molecule has 2 aliphatic heterocycles.